The second-order valence-electron chi connectivity index (χ2n) is 4.68. The SMILES string of the molecule is Cc1ccc(SCC(=O)NCc2cn(CC(=O)O)nn2)cc1. The molecule has 0 aliphatic rings. The third kappa shape index (κ3) is 5.21. The Balaban J connectivity index is 1.74. The van der Waals surface area contributed by atoms with Gasteiger partial charge < -0.3 is 10.4 Å². The molecule has 0 atom stereocenters. The van der Waals surface area contributed by atoms with Crippen molar-refractivity contribution < 1.29 is 14.7 Å². The van der Waals surface area contributed by atoms with E-state index in [0.717, 1.165) is 4.90 Å². The highest BCUT2D eigenvalue weighted by Crippen LogP contribution is 2.17. The number of carbonyl (C=O) groups is 2. The molecule has 2 aromatic rings. The molecule has 0 saturated heterocycles. The third-order valence-electron chi connectivity index (χ3n) is 2.74. The predicted octanol–water partition coefficient (Wildman–Crippen LogP) is 1.08. The van der Waals surface area contributed by atoms with E-state index in [4.69, 9.17) is 5.11 Å². The molecule has 1 heterocycles. The van der Waals surface area contributed by atoms with Crippen molar-refractivity contribution in [1.29, 1.82) is 0 Å². The van der Waals surface area contributed by atoms with E-state index in [0.29, 0.717) is 11.4 Å². The molecule has 0 spiro atoms. The molecule has 0 bridgehead atoms. The number of benzene rings is 1. The highest BCUT2D eigenvalue weighted by Gasteiger charge is 2.07. The topological polar surface area (TPSA) is 97.1 Å². The van der Waals surface area contributed by atoms with Crippen LogP contribution in [0.2, 0.25) is 0 Å². The molecule has 116 valence electrons. The molecule has 0 aliphatic heterocycles. The van der Waals surface area contributed by atoms with Gasteiger partial charge in [-0.15, -0.1) is 16.9 Å². The Morgan fingerprint density at radius 1 is 1.32 bits per heavy atom. The summed E-state index contributed by atoms with van der Waals surface area (Å²) in [6.07, 6.45) is 1.50. The smallest absolute Gasteiger partial charge is 0.325 e. The monoisotopic (exact) mass is 320 g/mol. The van der Waals surface area contributed by atoms with Crippen LogP contribution >= 0.6 is 11.8 Å². The number of nitrogens with zero attached hydrogens (tertiary/aromatic N) is 3. The quantitative estimate of drug-likeness (QED) is 0.741. The summed E-state index contributed by atoms with van der Waals surface area (Å²) in [5, 5.41) is 18.8. The number of thioether (sulfide) groups is 1. The highest BCUT2D eigenvalue weighted by molar-refractivity contribution is 8.00. The van der Waals surface area contributed by atoms with E-state index in [2.05, 4.69) is 15.6 Å². The van der Waals surface area contributed by atoms with Crippen molar-refractivity contribution in [3.05, 3.63) is 41.7 Å². The van der Waals surface area contributed by atoms with E-state index in [1.165, 1.54) is 28.2 Å². The number of carboxylic acid groups (broad SMARTS) is 1. The maximum Gasteiger partial charge on any atom is 0.325 e. The summed E-state index contributed by atoms with van der Waals surface area (Å²) in [6.45, 7) is 2.00. The Bertz CT molecular complexity index is 654. The number of carboxylic acids is 1. The number of aryl methyl sites for hydroxylation is 1. The lowest BCUT2D eigenvalue weighted by atomic mass is 10.2. The normalized spacial score (nSPS) is 10.4. The lowest BCUT2D eigenvalue weighted by Gasteiger charge is -2.03. The molecule has 7 nitrogen and oxygen atoms in total. The van der Waals surface area contributed by atoms with Gasteiger partial charge in [0.2, 0.25) is 5.91 Å². The largest absolute Gasteiger partial charge is 0.480 e. The van der Waals surface area contributed by atoms with Crippen molar-refractivity contribution in [2.24, 2.45) is 0 Å². The number of amides is 1. The molecular weight excluding hydrogens is 304 g/mol. The minimum Gasteiger partial charge on any atom is -0.480 e. The van der Waals surface area contributed by atoms with Gasteiger partial charge in [0.05, 0.1) is 18.5 Å². The number of aromatic nitrogens is 3. The fourth-order valence-corrected chi connectivity index (χ4v) is 2.39. The zero-order valence-electron chi connectivity index (χ0n) is 12.0. The summed E-state index contributed by atoms with van der Waals surface area (Å²) < 4.78 is 1.21. The van der Waals surface area contributed by atoms with Crippen LogP contribution in [0.3, 0.4) is 0 Å². The molecule has 1 amide bonds. The predicted molar refractivity (Wildman–Crippen MR) is 81.4 cm³/mol. The minimum absolute atomic E-state index is 0.113. The molecule has 0 aliphatic carbocycles. The summed E-state index contributed by atoms with van der Waals surface area (Å²) in [5.74, 6) is -0.792. The van der Waals surface area contributed by atoms with Crippen molar-refractivity contribution >= 4 is 23.6 Å². The molecule has 1 aromatic carbocycles. The fourth-order valence-electron chi connectivity index (χ4n) is 1.66. The molecule has 0 saturated carbocycles. The number of aliphatic carboxylic acids is 1. The third-order valence-corrected chi connectivity index (χ3v) is 3.75. The Morgan fingerprint density at radius 2 is 2.05 bits per heavy atom. The molecule has 8 heteroatoms. The van der Waals surface area contributed by atoms with E-state index >= 15 is 0 Å². The first-order valence-corrected chi connectivity index (χ1v) is 7.58. The lowest BCUT2D eigenvalue weighted by molar-refractivity contribution is -0.137. The maximum atomic E-state index is 11.8. The first-order chi connectivity index (χ1) is 10.5. The van der Waals surface area contributed by atoms with Gasteiger partial charge in [-0.2, -0.15) is 0 Å². The number of hydrogen-bond acceptors (Lipinski definition) is 5. The van der Waals surface area contributed by atoms with E-state index < -0.39 is 5.97 Å². The molecule has 0 fully saturated rings. The first kappa shape index (κ1) is 16.0. The van der Waals surface area contributed by atoms with Gasteiger partial charge in [0, 0.05) is 4.90 Å². The van der Waals surface area contributed by atoms with Crippen LogP contribution in [0.5, 0.6) is 0 Å². The van der Waals surface area contributed by atoms with E-state index in [-0.39, 0.29) is 19.0 Å². The molecule has 1 aromatic heterocycles. The van der Waals surface area contributed by atoms with Crippen LogP contribution in [-0.4, -0.2) is 37.7 Å². The Labute approximate surface area is 131 Å². The van der Waals surface area contributed by atoms with Gasteiger partial charge in [0.1, 0.15) is 12.2 Å². The molecule has 22 heavy (non-hydrogen) atoms. The van der Waals surface area contributed by atoms with Gasteiger partial charge in [-0.25, -0.2) is 4.68 Å². The number of rotatable bonds is 7. The van der Waals surface area contributed by atoms with Crippen LogP contribution in [0.25, 0.3) is 0 Å². The molecule has 0 unspecified atom stereocenters. The Morgan fingerprint density at radius 3 is 2.73 bits per heavy atom. The molecule has 0 radical (unpaired) electrons. The summed E-state index contributed by atoms with van der Waals surface area (Å²) in [6, 6.07) is 7.96. The number of nitrogens with one attached hydrogen (secondary N) is 1. The summed E-state index contributed by atoms with van der Waals surface area (Å²) in [7, 11) is 0. The van der Waals surface area contributed by atoms with Crippen molar-refractivity contribution in [2.75, 3.05) is 5.75 Å². The van der Waals surface area contributed by atoms with Crippen LogP contribution in [0, 0.1) is 6.92 Å². The van der Waals surface area contributed by atoms with Crippen LogP contribution in [0.4, 0.5) is 0 Å². The van der Waals surface area contributed by atoms with Crippen molar-refractivity contribution in [3.63, 3.8) is 0 Å². The second-order valence-corrected chi connectivity index (χ2v) is 5.73. The van der Waals surface area contributed by atoms with Gasteiger partial charge in [0.25, 0.3) is 0 Å². The van der Waals surface area contributed by atoms with Crippen LogP contribution in [0.1, 0.15) is 11.3 Å². The summed E-state index contributed by atoms with van der Waals surface area (Å²) in [5.41, 5.74) is 1.70. The van der Waals surface area contributed by atoms with Gasteiger partial charge in [0.15, 0.2) is 0 Å². The lowest BCUT2D eigenvalue weighted by Crippen LogP contribution is -2.24. The zero-order valence-corrected chi connectivity index (χ0v) is 12.8. The Hall–Kier alpha value is -2.35. The van der Waals surface area contributed by atoms with Crippen LogP contribution < -0.4 is 5.32 Å². The van der Waals surface area contributed by atoms with E-state index in [1.54, 1.807) is 0 Å². The van der Waals surface area contributed by atoms with E-state index in [1.807, 2.05) is 31.2 Å². The highest BCUT2D eigenvalue weighted by atomic mass is 32.2. The van der Waals surface area contributed by atoms with Gasteiger partial charge >= 0.3 is 5.97 Å². The van der Waals surface area contributed by atoms with Gasteiger partial charge in [-0.1, -0.05) is 22.9 Å². The maximum absolute atomic E-state index is 11.8. The molecule has 2 N–H and O–H groups in total. The van der Waals surface area contributed by atoms with E-state index in [9.17, 15) is 9.59 Å². The average Bonchev–Trinajstić information content (AvgIpc) is 2.91. The van der Waals surface area contributed by atoms with Crippen LogP contribution in [0.15, 0.2) is 35.4 Å². The fraction of sp³-hybridized carbons (Fsp3) is 0.286. The summed E-state index contributed by atoms with van der Waals surface area (Å²) in [4.78, 5) is 23.3. The van der Waals surface area contributed by atoms with Gasteiger partial charge in [-0.05, 0) is 19.1 Å². The molecular formula is C14H16N4O3S. The Kier molecular flexibility index (Phi) is 5.54. The standard InChI is InChI=1S/C14H16N4O3S/c1-10-2-4-12(5-3-10)22-9-13(19)15-6-11-7-18(17-16-11)8-14(20)21/h2-5,7H,6,8-9H2,1H3,(H,15,19)(H,20,21). The molecule has 2 rings (SSSR count). The number of carbonyl (C=O) groups excluding carboxylic acids is 1. The minimum atomic E-state index is -0.991. The van der Waals surface area contributed by atoms with Crippen molar-refractivity contribution in [2.45, 2.75) is 24.9 Å². The summed E-state index contributed by atoms with van der Waals surface area (Å²) >= 11 is 1.46. The first-order valence-electron chi connectivity index (χ1n) is 6.60. The van der Waals surface area contributed by atoms with Crippen molar-refractivity contribution in [1.82, 2.24) is 20.3 Å². The number of hydrogen-bond donors (Lipinski definition) is 2. The zero-order chi connectivity index (χ0) is 15.9. The van der Waals surface area contributed by atoms with Gasteiger partial charge in [-0.3, -0.25) is 9.59 Å². The van der Waals surface area contributed by atoms with Crippen molar-refractivity contribution in [3.8, 4) is 0 Å². The second kappa shape index (κ2) is 7.60. The van der Waals surface area contributed by atoms with Crippen LogP contribution in [-0.2, 0) is 22.7 Å². The average molecular weight is 320 g/mol.